The van der Waals surface area contributed by atoms with E-state index >= 15 is 0 Å². The van der Waals surface area contributed by atoms with Crippen molar-refractivity contribution < 1.29 is 5.11 Å². The highest BCUT2D eigenvalue weighted by Crippen LogP contribution is 2.43. The van der Waals surface area contributed by atoms with Crippen LogP contribution in [0.5, 0.6) is 5.75 Å². The lowest BCUT2D eigenvalue weighted by Gasteiger charge is -2.20. The smallest absolute Gasteiger partial charge is 0.119 e. The zero-order valence-electron chi connectivity index (χ0n) is 11.8. The molecule has 1 N–H and O–H groups in total. The van der Waals surface area contributed by atoms with Crippen molar-refractivity contribution in [3.8, 4) is 5.75 Å². The number of aromatic hydroxyl groups is 1. The molecule has 0 unspecified atom stereocenters. The van der Waals surface area contributed by atoms with E-state index in [1.807, 2.05) is 24.3 Å². The summed E-state index contributed by atoms with van der Waals surface area (Å²) in [6, 6.07) is 13.2. The van der Waals surface area contributed by atoms with Crippen molar-refractivity contribution in [2.45, 2.75) is 11.8 Å². The van der Waals surface area contributed by atoms with Gasteiger partial charge in [-0.05, 0) is 42.9 Å². The number of hydrogen-bond acceptors (Lipinski definition) is 2. The zero-order valence-corrected chi connectivity index (χ0v) is 13.3. The quantitative estimate of drug-likeness (QED) is 0.879. The second-order valence-corrected chi connectivity index (χ2v) is 6.57. The fourth-order valence-electron chi connectivity index (χ4n) is 3.21. The first-order chi connectivity index (χ1) is 10.0. The normalized spacial score (nSPS) is 22.6. The minimum atomic E-state index is 0.215. The molecule has 0 aliphatic carbocycles. The molecule has 1 saturated heterocycles. The Morgan fingerprint density at radius 2 is 1.71 bits per heavy atom. The van der Waals surface area contributed by atoms with Gasteiger partial charge in [-0.1, -0.05) is 35.3 Å². The number of nitrogens with zero attached hydrogens (tertiary/aromatic N) is 1. The molecule has 2 aromatic rings. The molecular weight excluding hydrogens is 305 g/mol. The lowest BCUT2D eigenvalue weighted by molar-refractivity contribution is 0.405. The van der Waals surface area contributed by atoms with Crippen LogP contribution in [0.2, 0.25) is 10.0 Å². The van der Waals surface area contributed by atoms with E-state index in [0.29, 0.717) is 16.7 Å². The molecule has 110 valence electrons. The van der Waals surface area contributed by atoms with E-state index in [0.717, 1.165) is 23.7 Å². The number of rotatable bonds is 2. The number of likely N-dealkylation sites (tertiary alicyclic amines) is 1. The molecule has 3 rings (SSSR count). The van der Waals surface area contributed by atoms with Crippen molar-refractivity contribution in [2.75, 3.05) is 20.1 Å². The number of phenolic OH excluding ortho intramolecular Hbond substituents is 1. The topological polar surface area (TPSA) is 23.5 Å². The number of benzene rings is 2. The van der Waals surface area contributed by atoms with Crippen LogP contribution >= 0.6 is 23.2 Å². The molecule has 1 aliphatic heterocycles. The van der Waals surface area contributed by atoms with E-state index in [1.54, 1.807) is 12.1 Å². The van der Waals surface area contributed by atoms with Crippen molar-refractivity contribution >= 4 is 23.2 Å². The minimum Gasteiger partial charge on any atom is -0.508 e. The van der Waals surface area contributed by atoms with Gasteiger partial charge in [0.15, 0.2) is 0 Å². The summed E-state index contributed by atoms with van der Waals surface area (Å²) in [7, 11) is 2.10. The molecule has 0 spiro atoms. The molecule has 1 fully saturated rings. The predicted molar refractivity (Wildman–Crippen MR) is 87.5 cm³/mol. The summed E-state index contributed by atoms with van der Waals surface area (Å²) in [5.74, 6) is 0.831. The summed E-state index contributed by atoms with van der Waals surface area (Å²) in [6.07, 6.45) is 0. The Kier molecular flexibility index (Phi) is 4.12. The van der Waals surface area contributed by atoms with Crippen LogP contribution in [0.15, 0.2) is 42.5 Å². The molecule has 2 aromatic carbocycles. The van der Waals surface area contributed by atoms with Gasteiger partial charge in [0.05, 0.1) is 0 Å². The van der Waals surface area contributed by atoms with E-state index < -0.39 is 0 Å². The lowest BCUT2D eigenvalue weighted by Crippen LogP contribution is -2.13. The molecule has 0 saturated carbocycles. The van der Waals surface area contributed by atoms with Crippen molar-refractivity contribution in [1.82, 2.24) is 4.90 Å². The van der Waals surface area contributed by atoms with Crippen molar-refractivity contribution in [3.63, 3.8) is 0 Å². The van der Waals surface area contributed by atoms with Gasteiger partial charge in [0.25, 0.3) is 0 Å². The Balaban J connectivity index is 2.01. The highest BCUT2D eigenvalue weighted by Gasteiger charge is 2.34. The molecule has 1 heterocycles. The zero-order chi connectivity index (χ0) is 15.0. The average Bonchev–Trinajstić information content (AvgIpc) is 2.83. The molecule has 21 heavy (non-hydrogen) atoms. The van der Waals surface area contributed by atoms with Crippen LogP contribution in [-0.4, -0.2) is 30.1 Å². The summed E-state index contributed by atoms with van der Waals surface area (Å²) < 4.78 is 0. The maximum absolute atomic E-state index is 10.2. The monoisotopic (exact) mass is 321 g/mol. The van der Waals surface area contributed by atoms with Crippen LogP contribution < -0.4 is 0 Å². The Hall–Kier alpha value is -1.22. The van der Waals surface area contributed by atoms with Gasteiger partial charge in [-0.15, -0.1) is 0 Å². The summed E-state index contributed by atoms with van der Waals surface area (Å²) in [5, 5.41) is 11.6. The van der Waals surface area contributed by atoms with E-state index in [4.69, 9.17) is 23.2 Å². The van der Waals surface area contributed by atoms with Crippen LogP contribution in [0.4, 0.5) is 0 Å². The Morgan fingerprint density at radius 3 is 2.48 bits per heavy atom. The molecule has 0 radical (unpaired) electrons. The Bertz CT molecular complexity index is 659. The van der Waals surface area contributed by atoms with E-state index in [2.05, 4.69) is 18.0 Å². The molecule has 2 nitrogen and oxygen atoms in total. The predicted octanol–water partition coefficient (Wildman–Crippen LogP) is 4.51. The molecule has 0 bridgehead atoms. The van der Waals surface area contributed by atoms with Gasteiger partial charge >= 0.3 is 0 Å². The van der Waals surface area contributed by atoms with Gasteiger partial charge in [0.1, 0.15) is 5.75 Å². The first-order valence-electron chi connectivity index (χ1n) is 6.97. The van der Waals surface area contributed by atoms with Crippen molar-refractivity contribution in [3.05, 3.63) is 63.6 Å². The van der Waals surface area contributed by atoms with Crippen LogP contribution in [0.3, 0.4) is 0 Å². The Labute approximate surface area is 134 Å². The lowest BCUT2D eigenvalue weighted by atomic mass is 9.84. The standard InChI is InChI=1S/C17H17Cl2NO/c1-20-9-15(11-3-2-4-12(18)7-11)16(10-20)14-8-13(19)5-6-17(14)21/h2-8,15-16,21H,9-10H2,1H3/t15-,16-/m1/s1. The molecule has 1 aliphatic rings. The first-order valence-corrected chi connectivity index (χ1v) is 7.72. The molecule has 2 atom stereocenters. The fourth-order valence-corrected chi connectivity index (χ4v) is 3.59. The number of likely N-dealkylation sites (N-methyl/N-ethyl adjacent to an activating group) is 1. The third-order valence-electron chi connectivity index (χ3n) is 4.17. The number of phenols is 1. The third kappa shape index (κ3) is 3.03. The molecule has 4 heteroatoms. The highest BCUT2D eigenvalue weighted by molar-refractivity contribution is 6.31. The van der Waals surface area contributed by atoms with E-state index in [-0.39, 0.29) is 5.92 Å². The van der Waals surface area contributed by atoms with E-state index in [9.17, 15) is 5.11 Å². The Morgan fingerprint density at radius 1 is 1.00 bits per heavy atom. The fraction of sp³-hybridized carbons (Fsp3) is 0.294. The molecule has 0 amide bonds. The largest absolute Gasteiger partial charge is 0.508 e. The number of halogens is 2. The number of hydrogen-bond donors (Lipinski definition) is 1. The van der Waals surface area contributed by atoms with Crippen LogP contribution in [-0.2, 0) is 0 Å². The SMILES string of the molecule is CN1C[C@H](c2cccc(Cl)c2)[C@@H](c2cc(Cl)ccc2O)C1. The summed E-state index contributed by atoms with van der Waals surface area (Å²) in [6.45, 7) is 1.84. The van der Waals surface area contributed by atoms with Crippen LogP contribution in [0.25, 0.3) is 0 Å². The minimum absolute atomic E-state index is 0.215. The van der Waals surface area contributed by atoms with E-state index in [1.165, 1.54) is 5.56 Å². The van der Waals surface area contributed by atoms with Crippen molar-refractivity contribution in [2.24, 2.45) is 0 Å². The first kappa shape index (κ1) is 14.7. The second kappa shape index (κ2) is 5.88. The van der Waals surface area contributed by atoms with Crippen LogP contribution in [0, 0.1) is 0 Å². The molecule has 0 aromatic heterocycles. The molecular formula is C17H17Cl2NO. The van der Waals surface area contributed by atoms with Gasteiger partial charge < -0.3 is 10.0 Å². The maximum Gasteiger partial charge on any atom is 0.119 e. The summed E-state index contributed by atoms with van der Waals surface area (Å²) >= 11 is 12.2. The van der Waals surface area contributed by atoms with Crippen molar-refractivity contribution in [1.29, 1.82) is 0 Å². The van der Waals surface area contributed by atoms with Gasteiger partial charge in [0, 0.05) is 40.5 Å². The van der Waals surface area contributed by atoms with Gasteiger partial charge in [-0.3, -0.25) is 0 Å². The highest BCUT2D eigenvalue weighted by atomic mass is 35.5. The maximum atomic E-state index is 10.2. The van der Waals surface area contributed by atoms with Gasteiger partial charge in [-0.25, -0.2) is 0 Å². The van der Waals surface area contributed by atoms with Gasteiger partial charge in [0.2, 0.25) is 0 Å². The third-order valence-corrected chi connectivity index (χ3v) is 4.64. The summed E-state index contributed by atoms with van der Waals surface area (Å²) in [5.41, 5.74) is 2.12. The second-order valence-electron chi connectivity index (χ2n) is 5.69. The van der Waals surface area contributed by atoms with Crippen LogP contribution in [0.1, 0.15) is 23.0 Å². The van der Waals surface area contributed by atoms with Gasteiger partial charge in [-0.2, -0.15) is 0 Å². The summed E-state index contributed by atoms with van der Waals surface area (Å²) in [4.78, 5) is 2.27. The average molecular weight is 322 g/mol.